The Bertz CT molecular complexity index is 742. The molecule has 1 heterocycles. The maximum Gasteiger partial charge on any atom is 0.279 e. The van der Waals surface area contributed by atoms with Crippen molar-refractivity contribution in [1.29, 1.82) is 0 Å². The fourth-order valence-corrected chi connectivity index (χ4v) is 1.86. The molecule has 2 aromatic carbocycles. The minimum Gasteiger partial charge on any atom is -0.290 e. The molecule has 84 valence electrons. The molecule has 1 N–H and O–H groups in total. The van der Waals surface area contributed by atoms with Crippen LogP contribution in [0.2, 0.25) is 0 Å². The Morgan fingerprint density at radius 1 is 1.00 bits per heavy atom. The van der Waals surface area contributed by atoms with Gasteiger partial charge in [0, 0.05) is 0 Å². The van der Waals surface area contributed by atoms with Crippen LogP contribution in [0.15, 0.2) is 53.3 Å². The second-order valence-electron chi connectivity index (χ2n) is 3.75. The maximum atomic E-state index is 13.6. The molecule has 0 spiro atoms. The van der Waals surface area contributed by atoms with Crippen molar-refractivity contribution < 1.29 is 4.39 Å². The van der Waals surface area contributed by atoms with E-state index in [0.29, 0.717) is 10.9 Å². The third-order valence-corrected chi connectivity index (χ3v) is 2.69. The molecule has 0 fully saturated rings. The first-order valence-corrected chi connectivity index (χ1v) is 5.22. The average molecular weight is 228 g/mol. The summed E-state index contributed by atoms with van der Waals surface area (Å²) in [6, 6.07) is 13.3. The van der Waals surface area contributed by atoms with Crippen LogP contribution >= 0.6 is 0 Å². The molecule has 0 atom stereocenters. The van der Waals surface area contributed by atoms with Gasteiger partial charge in [0.1, 0.15) is 11.5 Å². The van der Waals surface area contributed by atoms with Gasteiger partial charge in [-0.25, -0.2) is 9.07 Å². The van der Waals surface area contributed by atoms with Gasteiger partial charge >= 0.3 is 0 Å². The summed E-state index contributed by atoms with van der Waals surface area (Å²) in [4.78, 5) is 12.0. The number of nitrogens with one attached hydrogen (secondary N) is 1. The molecule has 0 aliphatic carbocycles. The highest BCUT2D eigenvalue weighted by Crippen LogP contribution is 2.13. The van der Waals surface area contributed by atoms with E-state index in [9.17, 15) is 9.18 Å². The first-order valence-electron chi connectivity index (χ1n) is 5.22. The zero-order valence-corrected chi connectivity index (χ0v) is 8.85. The van der Waals surface area contributed by atoms with Crippen LogP contribution in [0, 0.1) is 5.82 Å². The summed E-state index contributed by atoms with van der Waals surface area (Å²) in [6.45, 7) is 0. The zero-order chi connectivity index (χ0) is 11.8. The molecule has 0 saturated carbocycles. The molecule has 0 saturated heterocycles. The summed E-state index contributed by atoms with van der Waals surface area (Å²) >= 11 is 0. The smallest absolute Gasteiger partial charge is 0.279 e. The number of halogens is 1. The average Bonchev–Trinajstić information content (AvgIpc) is 2.68. The normalized spacial score (nSPS) is 10.9. The van der Waals surface area contributed by atoms with Crippen molar-refractivity contribution in [3.05, 3.63) is 64.7 Å². The molecule has 0 unspecified atom stereocenters. The second-order valence-corrected chi connectivity index (χ2v) is 3.75. The topological polar surface area (TPSA) is 37.8 Å². The van der Waals surface area contributed by atoms with Crippen molar-refractivity contribution >= 4 is 10.9 Å². The third-order valence-electron chi connectivity index (χ3n) is 2.69. The highest BCUT2D eigenvalue weighted by Gasteiger charge is 2.10. The molecule has 1 aromatic heterocycles. The molecular weight excluding hydrogens is 219 g/mol. The third kappa shape index (κ3) is 1.45. The number of H-pyrrole nitrogens is 1. The Labute approximate surface area is 96.1 Å². The maximum absolute atomic E-state index is 13.6. The summed E-state index contributed by atoms with van der Waals surface area (Å²) in [5.74, 6) is -0.429. The van der Waals surface area contributed by atoms with Gasteiger partial charge in [-0.05, 0) is 24.3 Å². The molecule has 3 aromatic rings. The SMILES string of the molecule is O=c1c2ccccc2[nH]n1-c1ccccc1F. The van der Waals surface area contributed by atoms with E-state index in [1.54, 1.807) is 36.4 Å². The van der Waals surface area contributed by atoms with Gasteiger partial charge in [-0.3, -0.25) is 9.89 Å². The van der Waals surface area contributed by atoms with Crippen LogP contribution in [0.4, 0.5) is 4.39 Å². The molecule has 0 radical (unpaired) electrons. The molecule has 0 bridgehead atoms. The fourth-order valence-electron chi connectivity index (χ4n) is 1.86. The van der Waals surface area contributed by atoms with Crippen LogP contribution < -0.4 is 5.56 Å². The van der Waals surface area contributed by atoms with Crippen molar-refractivity contribution in [2.75, 3.05) is 0 Å². The van der Waals surface area contributed by atoms with Crippen LogP contribution in [-0.4, -0.2) is 9.78 Å². The lowest BCUT2D eigenvalue weighted by Gasteiger charge is -2.01. The fraction of sp³-hybridized carbons (Fsp3) is 0. The van der Waals surface area contributed by atoms with Gasteiger partial charge in [0.15, 0.2) is 0 Å². The molecule has 0 aliphatic rings. The largest absolute Gasteiger partial charge is 0.290 e. The quantitative estimate of drug-likeness (QED) is 0.682. The number of rotatable bonds is 1. The molecular formula is C13H9FN2O. The van der Waals surface area contributed by atoms with E-state index in [1.165, 1.54) is 10.7 Å². The number of aromatic amines is 1. The minimum absolute atomic E-state index is 0.230. The van der Waals surface area contributed by atoms with Crippen LogP contribution in [0.5, 0.6) is 0 Å². The van der Waals surface area contributed by atoms with Crippen LogP contribution in [0.3, 0.4) is 0 Å². The van der Waals surface area contributed by atoms with Crippen molar-refractivity contribution in [3.8, 4) is 5.69 Å². The minimum atomic E-state index is -0.429. The van der Waals surface area contributed by atoms with Crippen molar-refractivity contribution in [2.45, 2.75) is 0 Å². The first-order chi connectivity index (χ1) is 8.27. The lowest BCUT2D eigenvalue weighted by atomic mass is 10.2. The number of aromatic nitrogens is 2. The standard InChI is InChI=1S/C13H9FN2O/c14-10-6-2-4-8-12(10)16-13(17)9-5-1-3-7-11(9)15-16/h1-8,15H. The summed E-state index contributed by atoms with van der Waals surface area (Å²) in [5, 5.41) is 3.44. The number of benzene rings is 2. The van der Waals surface area contributed by atoms with Gasteiger partial charge < -0.3 is 0 Å². The molecule has 3 rings (SSSR count). The first kappa shape index (κ1) is 9.84. The Morgan fingerprint density at radius 2 is 1.71 bits per heavy atom. The molecule has 17 heavy (non-hydrogen) atoms. The van der Waals surface area contributed by atoms with Gasteiger partial charge in [-0.2, -0.15) is 0 Å². The second kappa shape index (κ2) is 3.59. The van der Waals surface area contributed by atoms with Crippen molar-refractivity contribution in [1.82, 2.24) is 9.78 Å². The van der Waals surface area contributed by atoms with E-state index in [1.807, 2.05) is 6.07 Å². The highest BCUT2D eigenvalue weighted by atomic mass is 19.1. The molecule has 0 aliphatic heterocycles. The lowest BCUT2D eigenvalue weighted by molar-refractivity contribution is 0.609. The van der Waals surface area contributed by atoms with Crippen molar-refractivity contribution in [3.63, 3.8) is 0 Å². The number of para-hydroxylation sites is 2. The molecule has 4 heteroatoms. The molecule has 3 nitrogen and oxygen atoms in total. The van der Waals surface area contributed by atoms with E-state index < -0.39 is 5.82 Å². The van der Waals surface area contributed by atoms with Gasteiger partial charge in [0.2, 0.25) is 0 Å². The summed E-state index contributed by atoms with van der Waals surface area (Å²) in [6.07, 6.45) is 0. The Kier molecular flexibility index (Phi) is 2.08. The van der Waals surface area contributed by atoms with E-state index in [2.05, 4.69) is 5.10 Å². The van der Waals surface area contributed by atoms with E-state index in [-0.39, 0.29) is 11.2 Å². The Balaban J connectivity index is 2.36. The predicted octanol–water partition coefficient (Wildman–Crippen LogP) is 2.46. The zero-order valence-electron chi connectivity index (χ0n) is 8.85. The summed E-state index contributed by atoms with van der Waals surface area (Å²) < 4.78 is 14.8. The predicted molar refractivity (Wildman–Crippen MR) is 63.9 cm³/mol. The van der Waals surface area contributed by atoms with Gasteiger partial charge in [-0.15, -0.1) is 0 Å². The number of hydrogen-bond donors (Lipinski definition) is 1. The van der Waals surface area contributed by atoms with Crippen LogP contribution in [0.25, 0.3) is 16.6 Å². The van der Waals surface area contributed by atoms with Gasteiger partial charge in [0.25, 0.3) is 5.56 Å². The number of fused-ring (bicyclic) bond motifs is 1. The Hall–Kier alpha value is -2.36. The van der Waals surface area contributed by atoms with Gasteiger partial charge in [0.05, 0.1) is 10.9 Å². The van der Waals surface area contributed by atoms with E-state index >= 15 is 0 Å². The van der Waals surface area contributed by atoms with Crippen molar-refractivity contribution in [2.24, 2.45) is 0 Å². The number of nitrogens with zero attached hydrogens (tertiary/aromatic N) is 1. The van der Waals surface area contributed by atoms with E-state index in [0.717, 1.165) is 0 Å². The van der Waals surface area contributed by atoms with Crippen LogP contribution in [-0.2, 0) is 0 Å². The monoisotopic (exact) mass is 228 g/mol. The van der Waals surface area contributed by atoms with Gasteiger partial charge in [-0.1, -0.05) is 24.3 Å². The lowest BCUT2D eigenvalue weighted by Crippen LogP contribution is -2.15. The Morgan fingerprint density at radius 3 is 2.47 bits per heavy atom. The number of hydrogen-bond acceptors (Lipinski definition) is 1. The summed E-state index contributed by atoms with van der Waals surface area (Å²) in [5.41, 5.74) is 0.681. The summed E-state index contributed by atoms with van der Waals surface area (Å²) in [7, 11) is 0. The van der Waals surface area contributed by atoms with E-state index in [4.69, 9.17) is 0 Å². The molecule has 0 amide bonds. The highest BCUT2D eigenvalue weighted by molar-refractivity contribution is 5.78. The van der Waals surface area contributed by atoms with Crippen LogP contribution in [0.1, 0.15) is 0 Å².